The number of hydrogen-bond donors (Lipinski definition) is 0. The van der Waals surface area contributed by atoms with Crippen molar-refractivity contribution >= 4 is 44.6 Å². The maximum atomic E-state index is 6.83. The summed E-state index contributed by atoms with van der Waals surface area (Å²) < 4.78 is 9.14. The number of anilines is 4. The number of hydrogen-bond acceptors (Lipinski definition) is 5. The molecule has 0 N–H and O–H groups in total. The Morgan fingerprint density at radius 3 is 2.13 bits per heavy atom. The standard InChI is InChI=1S/C55H48N5O.Pt/c1-57(2)44-19-17-40(18-20-44)55(42-26-36-25-37(28-42)29-43(55)27-36)41-23-24-56-54(32-41)60-50-14-8-7-13-48(50)49-22-21-46(34-53(49)60)61-47-31-39(38-11-5-4-6-12-38)30-45(33-47)59-35-58(3)51-15-9-10-16-52(51)59;/h4-24,30-32,35-37,42-43H,25-29H2,1-3H3;/q-3;. The summed E-state index contributed by atoms with van der Waals surface area (Å²) in [6.45, 7) is 2.11. The SMILES string of the molecule is CN(C)c1ccc(C2(c3ccnc(-n4c5[c-]c(Oc6[c-]c(N7[CH-]N(C)c8ccccc87)cc(-c7ccccc7)c6)ccc5c5ccccc54)c3)C3CC4CC(C3)CC2C4)cc1.[Pt]. The maximum Gasteiger partial charge on any atom is 0.135 e. The molecule has 13 rings (SSSR count). The van der Waals surface area contributed by atoms with Gasteiger partial charge < -0.3 is 24.0 Å². The van der Waals surface area contributed by atoms with Crippen molar-refractivity contribution in [1.82, 2.24) is 9.55 Å². The summed E-state index contributed by atoms with van der Waals surface area (Å²) in [6.07, 6.45) is 8.73. The van der Waals surface area contributed by atoms with Crippen LogP contribution >= 0.6 is 0 Å². The number of pyridine rings is 1. The number of nitrogens with zero attached hydrogens (tertiary/aromatic N) is 5. The molecule has 2 aromatic heterocycles. The number of benzene rings is 6. The Kier molecular flexibility index (Phi) is 9.57. The van der Waals surface area contributed by atoms with Crippen molar-refractivity contribution in [3.05, 3.63) is 176 Å². The first-order valence-electron chi connectivity index (χ1n) is 21.9. The molecule has 0 amide bonds. The molecule has 0 unspecified atom stereocenters. The van der Waals surface area contributed by atoms with Gasteiger partial charge in [-0.25, -0.2) is 4.98 Å². The maximum absolute atomic E-state index is 6.83. The number of aromatic nitrogens is 2. The van der Waals surface area contributed by atoms with Gasteiger partial charge in [0.05, 0.1) is 0 Å². The van der Waals surface area contributed by atoms with E-state index in [4.69, 9.17) is 9.72 Å². The van der Waals surface area contributed by atoms with Crippen LogP contribution in [-0.2, 0) is 26.5 Å². The van der Waals surface area contributed by atoms with Gasteiger partial charge in [0.2, 0.25) is 0 Å². The molecular formula is C55H48N5OPt-3. The van der Waals surface area contributed by atoms with E-state index in [1.54, 1.807) is 0 Å². The van der Waals surface area contributed by atoms with Gasteiger partial charge in [-0.2, -0.15) is 12.7 Å². The molecule has 1 aliphatic heterocycles. The summed E-state index contributed by atoms with van der Waals surface area (Å²) in [5, 5.41) is 2.29. The molecule has 3 heterocycles. The molecule has 4 aliphatic carbocycles. The van der Waals surface area contributed by atoms with Crippen LogP contribution in [0.4, 0.5) is 22.7 Å². The molecule has 6 aromatic carbocycles. The smallest absolute Gasteiger partial charge is 0.135 e. The topological polar surface area (TPSA) is 36.8 Å². The van der Waals surface area contributed by atoms with Gasteiger partial charge >= 0.3 is 0 Å². The van der Waals surface area contributed by atoms with Crippen LogP contribution in [0.2, 0.25) is 0 Å². The fraction of sp³-hybridized carbons (Fsp3) is 0.236. The van der Waals surface area contributed by atoms with Crippen LogP contribution in [0.3, 0.4) is 0 Å². The molecule has 4 bridgehead atoms. The van der Waals surface area contributed by atoms with Gasteiger partial charge in [-0.1, -0.05) is 78.3 Å². The summed E-state index contributed by atoms with van der Waals surface area (Å²) >= 11 is 0. The van der Waals surface area contributed by atoms with E-state index in [0.717, 1.165) is 62.3 Å². The van der Waals surface area contributed by atoms with Crippen molar-refractivity contribution in [3.8, 4) is 28.4 Å². The van der Waals surface area contributed by atoms with E-state index < -0.39 is 0 Å². The van der Waals surface area contributed by atoms with Crippen molar-refractivity contribution in [1.29, 1.82) is 0 Å². The predicted octanol–water partition coefficient (Wildman–Crippen LogP) is 12.8. The predicted molar refractivity (Wildman–Crippen MR) is 248 cm³/mol. The van der Waals surface area contributed by atoms with Crippen molar-refractivity contribution < 1.29 is 25.8 Å². The second-order valence-corrected chi connectivity index (χ2v) is 18.1. The van der Waals surface area contributed by atoms with Gasteiger partial charge in [0.1, 0.15) is 5.82 Å². The fourth-order valence-electron chi connectivity index (χ4n) is 12.1. The molecule has 8 aromatic rings. The van der Waals surface area contributed by atoms with Crippen LogP contribution < -0.4 is 19.4 Å². The van der Waals surface area contributed by atoms with Gasteiger partial charge in [0, 0.05) is 80.9 Å². The second kappa shape index (κ2) is 15.2. The molecule has 4 fully saturated rings. The third kappa shape index (κ3) is 6.20. The van der Waals surface area contributed by atoms with Crippen LogP contribution in [0, 0.1) is 42.5 Å². The summed E-state index contributed by atoms with van der Waals surface area (Å²) in [6, 6.07) is 57.7. The van der Waals surface area contributed by atoms with E-state index in [1.807, 2.05) is 6.07 Å². The van der Waals surface area contributed by atoms with Gasteiger partial charge in [-0.3, -0.25) is 0 Å². The minimum Gasteiger partial charge on any atom is -0.509 e. The van der Waals surface area contributed by atoms with E-state index in [1.165, 1.54) is 54.3 Å². The van der Waals surface area contributed by atoms with Crippen molar-refractivity contribution in [3.63, 3.8) is 0 Å². The third-order valence-electron chi connectivity index (χ3n) is 14.5. The van der Waals surface area contributed by atoms with Crippen LogP contribution in [0.15, 0.2) is 146 Å². The molecule has 312 valence electrons. The Balaban J connectivity index is 0.00000432. The Hall–Kier alpha value is -5.84. The average Bonchev–Trinajstić information content (AvgIpc) is 3.81. The van der Waals surface area contributed by atoms with Gasteiger partial charge in [0.15, 0.2) is 0 Å². The largest absolute Gasteiger partial charge is 0.509 e. The van der Waals surface area contributed by atoms with E-state index >= 15 is 0 Å². The number of rotatable bonds is 8. The van der Waals surface area contributed by atoms with Crippen LogP contribution in [-0.4, -0.2) is 30.7 Å². The molecule has 0 atom stereocenters. The summed E-state index contributed by atoms with van der Waals surface area (Å²) in [7, 11) is 6.34. The second-order valence-electron chi connectivity index (χ2n) is 18.1. The first-order valence-corrected chi connectivity index (χ1v) is 21.9. The van der Waals surface area contributed by atoms with Gasteiger partial charge in [0.25, 0.3) is 0 Å². The molecule has 0 radical (unpaired) electrons. The molecule has 4 saturated carbocycles. The monoisotopic (exact) mass is 989 g/mol. The molecule has 5 aliphatic rings. The molecule has 0 spiro atoms. The van der Waals surface area contributed by atoms with Crippen LogP contribution in [0.1, 0.15) is 43.2 Å². The molecular weight excluding hydrogens is 942 g/mol. The zero-order valence-electron chi connectivity index (χ0n) is 35.2. The molecule has 62 heavy (non-hydrogen) atoms. The number of ether oxygens (including phenoxy) is 1. The van der Waals surface area contributed by atoms with Gasteiger partial charge in [-0.15, -0.1) is 47.0 Å². The van der Waals surface area contributed by atoms with E-state index in [-0.39, 0.29) is 26.5 Å². The Morgan fingerprint density at radius 2 is 1.37 bits per heavy atom. The van der Waals surface area contributed by atoms with E-state index in [9.17, 15) is 0 Å². The van der Waals surface area contributed by atoms with Crippen molar-refractivity contribution in [2.75, 3.05) is 35.8 Å². The number of fused-ring (bicyclic) bond motifs is 4. The Labute approximate surface area is 379 Å². The summed E-state index contributed by atoms with van der Waals surface area (Å²) in [5.41, 5.74) is 11.4. The van der Waals surface area contributed by atoms with Crippen molar-refractivity contribution in [2.24, 2.45) is 23.7 Å². The first kappa shape index (κ1) is 39.0. The molecule has 6 nitrogen and oxygen atoms in total. The fourth-order valence-corrected chi connectivity index (χ4v) is 12.1. The summed E-state index contributed by atoms with van der Waals surface area (Å²) in [5.74, 6) is 5.12. The van der Waals surface area contributed by atoms with Crippen molar-refractivity contribution in [2.45, 2.75) is 37.5 Å². The minimum atomic E-state index is -0.0495. The third-order valence-corrected chi connectivity index (χ3v) is 14.5. The van der Waals surface area contributed by atoms with Crippen LogP contribution in [0.5, 0.6) is 11.5 Å². The zero-order chi connectivity index (χ0) is 40.8. The van der Waals surface area contributed by atoms with E-state index in [0.29, 0.717) is 23.3 Å². The molecule has 7 heteroatoms. The first-order chi connectivity index (χ1) is 29.9. The average molecular weight is 990 g/mol. The van der Waals surface area contributed by atoms with Gasteiger partial charge in [-0.05, 0) is 127 Å². The zero-order valence-corrected chi connectivity index (χ0v) is 37.5. The Morgan fingerprint density at radius 1 is 0.661 bits per heavy atom. The normalized spacial score (nSPS) is 22.2. The summed E-state index contributed by atoms with van der Waals surface area (Å²) in [4.78, 5) is 11.7. The molecule has 0 saturated heterocycles. The number of para-hydroxylation sites is 3. The minimum absolute atomic E-state index is 0. The quantitative estimate of drug-likeness (QED) is 0.142. The Bertz CT molecular complexity index is 2930. The van der Waals surface area contributed by atoms with E-state index in [2.05, 4.69) is 199 Å². The van der Waals surface area contributed by atoms with Crippen LogP contribution in [0.25, 0.3) is 38.8 Å².